The first-order chi connectivity index (χ1) is 13.8. The minimum atomic E-state index is -0.604. The van der Waals surface area contributed by atoms with E-state index in [9.17, 15) is 9.59 Å². The van der Waals surface area contributed by atoms with Crippen LogP contribution in [0, 0.1) is 5.92 Å². The highest BCUT2D eigenvalue weighted by Gasteiger charge is 2.42. The van der Waals surface area contributed by atoms with Gasteiger partial charge < -0.3 is 4.74 Å². The normalized spacial score (nSPS) is 19.4. The van der Waals surface area contributed by atoms with Crippen molar-refractivity contribution >= 4 is 43.5 Å². The zero-order valence-corrected chi connectivity index (χ0v) is 18.3. The number of carbonyl (C=O) groups excluding carboxylic acids is 2. The zero-order chi connectivity index (χ0) is 20.6. The molecule has 1 aliphatic heterocycles. The van der Waals surface area contributed by atoms with E-state index in [4.69, 9.17) is 4.74 Å². The predicted molar refractivity (Wildman–Crippen MR) is 119 cm³/mol. The van der Waals surface area contributed by atoms with Gasteiger partial charge in [-0.15, -0.1) is 0 Å². The van der Waals surface area contributed by atoms with Gasteiger partial charge in [0.15, 0.2) is 10.7 Å². The number of aromatic nitrogens is 2. The number of ketones is 1. The van der Waals surface area contributed by atoms with Gasteiger partial charge in [0.05, 0.1) is 44.1 Å². The van der Waals surface area contributed by atoms with Crippen molar-refractivity contribution in [3.8, 4) is 0 Å². The Bertz CT molecular complexity index is 1060. The van der Waals surface area contributed by atoms with E-state index in [2.05, 4.69) is 11.1 Å². The number of para-hydroxylation sites is 1. The highest BCUT2D eigenvalue weighted by Crippen LogP contribution is 2.38. The summed E-state index contributed by atoms with van der Waals surface area (Å²) in [5, 5.41) is 0.793. The van der Waals surface area contributed by atoms with Crippen LogP contribution in [0.2, 0.25) is 0 Å². The molecule has 1 saturated heterocycles. The third-order valence-electron chi connectivity index (χ3n) is 4.60. The van der Waals surface area contributed by atoms with Crippen molar-refractivity contribution < 1.29 is 14.3 Å². The van der Waals surface area contributed by atoms with Crippen LogP contribution in [0.1, 0.15) is 31.1 Å². The molecule has 2 unspecified atom stereocenters. The van der Waals surface area contributed by atoms with E-state index in [1.54, 1.807) is 12.4 Å². The third-order valence-corrected chi connectivity index (χ3v) is 9.14. The summed E-state index contributed by atoms with van der Waals surface area (Å²) in [6, 6.07) is 11.5. The quantitative estimate of drug-likeness (QED) is 0.336. The average molecular weight is 428 g/mol. The van der Waals surface area contributed by atoms with E-state index in [0.717, 1.165) is 16.9 Å². The second-order valence-electron chi connectivity index (χ2n) is 7.96. The molecular formula is C22H23N2O3S2+. The molecule has 0 spiro atoms. The van der Waals surface area contributed by atoms with Crippen LogP contribution in [0.3, 0.4) is 0 Å². The first kappa shape index (κ1) is 20.0. The Kier molecular flexibility index (Phi) is 5.44. The Morgan fingerprint density at radius 1 is 1.21 bits per heavy atom. The first-order valence-corrected chi connectivity index (χ1v) is 12.3. The lowest BCUT2D eigenvalue weighted by molar-refractivity contribution is 0.0544. The number of carbonyl (C=O) groups is 2. The fourth-order valence-electron chi connectivity index (χ4n) is 3.30. The molecule has 5 nitrogen and oxygen atoms in total. The Morgan fingerprint density at radius 3 is 2.72 bits per heavy atom. The maximum Gasteiger partial charge on any atom is 0.419 e. The van der Waals surface area contributed by atoms with Gasteiger partial charge in [0.2, 0.25) is 0 Å². The molecule has 2 atom stereocenters. The Morgan fingerprint density at radius 2 is 2.00 bits per heavy atom. The van der Waals surface area contributed by atoms with E-state index < -0.39 is 11.7 Å². The van der Waals surface area contributed by atoms with Crippen LogP contribution < -0.4 is 0 Å². The molecule has 0 N–H and O–H groups in total. The minimum Gasteiger partial charge on any atom is -0.443 e. The van der Waals surface area contributed by atoms with Gasteiger partial charge in [-0.25, -0.2) is 4.79 Å². The molecule has 150 valence electrons. The summed E-state index contributed by atoms with van der Waals surface area (Å²) < 4.78 is 6.98. The van der Waals surface area contributed by atoms with Crippen LogP contribution in [-0.2, 0) is 14.7 Å². The molecule has 3 heterocycles. The maximum atomic E-state index is 13.4. The van der Waals surface area contributed by atoms with Crippen LogP contribution in [0.4, 0.5) is 4.79 Å². The summed E-state index contributed by atoms with van der Waals surface area (Å²) in [7, 11) is 1.79. The number of ether oxygens (including phenoxy) is 1. The number of benzene rings is 1. The fourth-order valence-corrected chi connectivity index (χ4v) is 7.98. The monoisotopic (exact) mass is 427 g/mol. The van der Waals surface area contributed by atoms with E-state index in [-0.39, 0.29) is 21.6 Å². The molecule has 1 aromatic carbocycles. The Labute approximate surface area is 176 Å². The topological polar surface area (TPSA) is 61.2 Å². The molecule has 1 fully saturated rings. The summed E-state index contributed by atoms with van der Waals surface area (Å²) >= 11 is 0. The molecule has 0 amide bonds. The number of nitrogens with zero attached hydrogens (tertiary/aromatic N) is 2. The summed E-state index contributed by atoms with van der Waals surface area (Å²) in [5.41, 5.74) is 0.683. The smallest absolute Gasteiger partial charge is 0.419 e. The van der Waals surface area contributed by atoms with E-state index in [0.29, 0.717) is 11.1 Å². The number of rotatable bonds is 3. The standard InChI is InChI=1S/C22H23N2O3S2/c1-22(2,3)27-21(26)24-12-18(17-8-4-5-9-19(17)24)20(25)15-13-28-29(14-15)16-7-6-10-23-11-16/h4-12,15H,13-14H2,1-3H3/q+1. The number of fused-ring (bicyclic) bond motifs is 1. The zero-order valence-electron chi connectivity index (χ0n) is 16.6. The lowest BCUT2D eigenvalue weighted by atomic mass is 10.0. The molecule has 2 aromatic heterocycles. The van der Waals surface area contributed by atoms with E-state index in [1.165, 1.54) is 9.46 Å². The van der Waals surface area contributed by atoms with Gasteiger partial charge in [0, 0.05) is 23.3 Å². The molecule has 7 heteroatoms. The lowest BCUT2D eigenvalue weighted by Gasteiger charge is -2.19. The second kappa shape index (κ2) is 7.88. The minimum absolute atomic E-state index is 0.0293. The van der Waals surface area contributed by atoms with Crippen LogP contribution in [0.15, 0.2) is 59.9 Å². The highest BCUT2D eigenvalue weighted by atomic mass is 33.1. The van der Waals surface area contributed by atoms with Gasteiger partial charge in [-0.1, -0.05) is 18.2 Å². The van der Waals surface area contributed by atoms with E-state index in [1.807, 2.05) is 68.1 Å². The largest absolute Gasteiger partial charge is 0.443 e. The van der Waals surface area contributed by atoms with Crippen molar-refractivity contribution in [3.05, 3.63) is 60.6 Å². The van der Waals surface area contributed by atoms with Gasteiger partial charge >= 0.3 is 6.09 Å². The molecule has 29 heavy (non-hydrogen) atoms. The lowest BCUT2D eigenvalue weighted by Crippen LogP contribution is -2.26. The number of hydrogen-bond acceptors (Lipinski definition) is 5. The SMILES string of the molecule is CC(C)(C)OC(=O)n1cc(C(=O)C2CS[S+](c3cccnc3)C2)c2ccccc21. The van der Waals surface area contributed by atoms with Crippen LogP contribution in [0.25, 0.3) is 10.9 Å². The Hall–Kier alpha value is -2.25. The fraction of sp³-hybridized carbons (Fsp3) is 0.318. The molecule has 0 saturated carbocycles. The molecule has 1 aliphatic rings. The molecule has 0 bridgehead atoms. The molecule has 3 aromatic rings. The van der Waals surface area contributed by atoms with Crippen molar-refractivity contribution in [2.24, 2.45) is 5.92 Å². The molecular weight excluding hydrogens is 404 g/mol. The van der Waals surface area contributed by atoms with E-state index >= 15 is 0 Å². The van der Waals surface area contributed by atoms with Crippen LogP contribution >= 0.6 is 10.8 Å². The van der Waals surface area contributed by atoms with Gasteiger partial charge in [0.1, 0.15) is 11.4 Å². The molecule has 4 rings (SSSR count). The van der Waals surface area contributed by atoms with Gasteiger partial charge in [-0.2, -0.15) is 0 Å². The number of pyridine rings is 1. The van der Waals surface area contributed by atoms with Crippen molar-refractivity contribution in [1.29, 1.82) is 0 Å². The van der Waals surface area contributed by atoms with Crippen LogP contribution in [-0.4, -0.2) is 38.5 Å². The van der Waals surface area contributed by atoms with Gasteiger partial charge in [0.25, 0.3) is 0 Å². The maximum absolute atomic E-state index is 13.4. The third kappa shape index (κ3) is 4.21. The predicted octanol–water partition coefficient (Wildman–Crippen LogP) is 4.96. The molecule has 0 radical (unpaired) electrons. The van der Waals surface area contributed by atoms with Gasteiger partial charge in [-0.3, -0.25) is 14.3 Å². The highest BCUT2D eigenvalue weighted by molar-refractivity contribution is 8.74. The summed E-state index contributed by atoms with van der Waals surface area (Å²) in [6.07, 6.45) is 4.83. The summed E-state index contributed by atoms with van der Waals surface area (Å²) in [5.74, 6) is 1.61. The number of Topliss-reactive ketones (excluding diaryl/α,β-unsaturated/α-hetero) is 1. The summed E-state index contributed by atoms with van der Waals surface area (Å²) in [4.78, 5) is 31.4. The second-order valence-corrected chi connectivity index (χ2v) is 11.9. The Balaban J connectivity index is 1.62. The van der Waals surface area contributed by atoms with Crippen molar-refractivity contribution in [2.75, 3.05) is 11.5 Å². The van der Waals surface area contributed by atoms with Crippen LogP contribution in [0.5, 0.6) is 0 Å². The summed E-state index contributed by atoms with van der Waals surface area (Å²) in [6.45, 7) is 5.49. The average Bonchev–Trinajstić information content (AvgIpc) is 3.32. The first-order valence-electron chi connectivity index (χ1n) is 9.45. The van der Waals surface area contributed by atoms with Gasteiger partial charge in [-0.05, 0) is 39.0 Å². The number of hydrogen-bond donors (Lipinski definition) is 0. The molecule has 0 aliphatic carbocycles. The van der Waals surface area contributed by atoms with Crippen molar-refractivity contribution in [3.63, 3.8) is 0 Å². The van der Waals surface area contributed by atoms with Crippen molar-refractivity contribution in [1.82, 2.24) is 9.55 Å². The van der Waals surface area contributed by atoms with Crippen molar-refractivity contribution in [2.45, 2.75) is 31.3 Å².